The number of aryl methyl sites for hydroxylation is 1. The number of hydrogen-bond acceptors (Lipinski definition) is 7. The molecular weight excluding hydrogens is 558 g/mol. The monoisotopic (exact) mass is 595 g/mol. The molecule has 0 unspecified atom stereocenters. The van der Waals surface area contributed by atoms with E-state index in [4.69, 9.17) is 0 Å². The minimum Gasteiger partial charge on any atom is -0.354 e. The van der Waals surface area contributed by atoms with E-state index in [1.807, 2.05) is 12.1 Å². The number of benzene rings is 1. The number of fused-ring (bicyclic) bond motifs is 6. The summed E-state index contributed by atoms with van der Waals surface area (Å²) in [5.41, 5.74) is 1.15. The van der Waals surface area contributed by atoms with Crippen LogP contribution in [0.25, 0.3) is 0 Å². The topological polar surface area (TPSA) is 140 Å². The van der Waals surface area contributed by atoms with Crippen LogP contribution in [0.4, 0.5) is 0 Å². The first kappa shape index (κ1) is 29.6. The molecule has 4 heterocycles. The van der Waals surface area contributed by atoms with E-state index in [9.17, 15) is 22.8 Å². The average molecular weight is 596 g/mol. The average Bonchev–Trinajstić information content (AvgIpc) is 3.61. The maximum atomic E-state index is 13.7. The van der Waals surface area contributed by atoms with Crippen molar-refractivity contribution in [3.8, 4) is 0 Å². The van der Waals surface area contributed by atoms with Crippen molar-refractivity contribution in [2.24, 2.45) is 5.92 Å². The molecule has 2 amide bonds. The van der Waals surface area contributed by atoms with Crippen LogP contribution in [0.5, 0.6) is 0 Å². The number of unbranched alkanes of at least 4 members (excludes halogenated alkanes) is 2. The zero-order chi connectivity index (χ0) is 29.9. The minimum atomic E-state index is -3.81. The molecule has 2 atom stereocenters. The second-order valence-electron chi connectivity index (χ2n) is 11.1. The summed E-state index contributed by atoms with van der Waals surface area (Å²) >= 11 is 0. The summed E-state index contributed by atoms with van der Waals surface area (Å²) in [6, 6.07) is 9.74. The molecule has 224 valence electrons. The summed E-state index contributed by atoms with van der Waals surface area (Å²) in [6.45, 7) is 2.92. The molecule has 4 bridgehead atoms. The predicted octanol–water partition coefficient (Wildman–Crippen LogP) is 1.67. The lowest BCUT2D eigenvalue weighted by Gasteiger charge is -2.20. The number of rotatable bonds is 6. The van der Waals surface area contributed by atoms with E-state index in [1.54, 1.807) is 42.3 Å². The molecule has 2 aromatic heterocycles. The number of pyridine rings is 1. The highest BCUT2D eigenvalue weighted by Gasteiger charge is 2.42. The fraction of sp³-hybridized carbons (Fsp3) is 0.483. The Morgan fingerprint density at radius 2 is 1.83 bits per heavy atom. The van der Waals surface area contributed by atoms with Crippen molar-refractivity contribution in [1.82, 2.24) is 34.1 Å². The lowest BCUT2D eigenvalue weighted by molar-refractivity contribution is -0.122. The van der Waals surface area contributed by atoms with Gasteiger partial charge in [0.1, 0.15) is 11.3 Å². The molecule has 0 saturated carbocycles. The normalized spacial score (nSPS) is 20.4. The van der Waals surface area contributed by atoms with Gasteiger partial charge in [0, 0.05) is 51.8 Å². The lowest BCUT2D eigenvalue weighted by Crippen LogP contribution is -2.39. The van der Waals surface area contributed by atoms with Gasteiger partial charge >= 0.3 is 0 Å². The molecule has 1 fully saturated rings. The number of carbonyl (C=O) groups excluding carboxylic acids is 2. The molecule has 12 nitrogen and oxygen atoms in total. The van der Waals surface area contributed by atoms with E-state index < -0.39 is 27.5 Å². The lowest BCUT2D eigenvalue weighted by atomic mass is 9.99. The third kappa shape index (κ3) is 6.31. The standard InChI is InChI=1S/C29H37N7O5S/c1-3-4-5-7-21-9-11-24(12-10-21)42(40,41)35-17-22-16-27(37)30-13-15-33(2)28(38)25-8-6-14-34(29(25)39)18-23-19-36(32-31-23)26(22)20-35/h6,8-12,14,19,22,26H,3-5,7,13,15-18,20H2,1-2H3,(H,30,37)/t22-,26+/m0/s1. The number of carbonyl (C=O) groups is 2. The fourth-order valence-electron chi connectivity index (χ4n) is 5.60. The first-order valence-electron chi connectivity index (χ1n) is 14.4. The Balaban J connectivity index is 1.42. The molecule has 42 heavy (non-hydrogen) atoms. The van der Waals surface area contributed by atoms with Gasteiger partial charge in [-0.15, -0.1) is 5.10 Å². The van der Waals surface area contributed by atoms with Crippen molar-refractivity contribution in [2.75, 3.05) is 33.2 Å². The number of nitrogens with zero attached hydrogens (tertiary/aromatic N) is 6. The van der Waals surface area contributed by atoms with Gasteiger partial charge in [-0.3, -0.25) is 14.4 Å². The van der Waals surface area contributed by atoms with Crippen LogP contribution in [0.3, 0.4) is 0 Å². The third-order valence-electron chi connectivity index (χ3n) is 8.05. The van der Waals surface area contributed by atoms with Crippen LogP contribution in [0, 0.1) is 5.92 Å². The van der Waals surface area contributed by atoms with E-state index in [2.05, 4.69) is 22.6 Å². The highest BCUT2D eigenvalue weighted by atomic mass is 32.2. The third-order valence-corrected chi connectivity index (χ3v) is 9.89. The van der Waals surface area contributed by atoms with Gasteiger partial charge in [-0.2, -0.15) is 4.31 Å². The molecule has 0 radical (unpaired) electrons. The summed E-state index contributed by atoms with van der Waals surface area (Å²) < 4.78 is 31.8. The quantitative estimate of drug-likeness (QED) is 0.428. The van der Waals surface area contributed by atoms with Crippen LogP contribution in [-0.4, -0.2) is 82.2 Å². The summed E-state index contributed by atoms with van der Waals surface area (Å²) in [4.78, 5) is 40.5. The SMILES string of the molecule is CCCCCc1ccc(S(=O)(=O)N2C[C@@H]3CC(=O)NCCN(C)C(=O)c4cccn(c4=O)Cc4cn(nn4)[C@@H]3C2)cc1. The van der Waals surface area contributed by atoms with Crippen molar-refractivity contribution in [1.29, 1.82) is 0 Å². The maximum absolute atomic E-state index is 13.7. The molecule has 13 heteroatoms. The Morgan fingerprint density at radius 1 is 1.05 bits per heavy atom. The molecule has 0 aliphatic carbocycles. The van der Waals surface area contributed by atoms with Crippen molar-refractivity contribution in [3.63, 3.8) is 0 Å². The van der Waals surface area contributed by atoms with Crippen LogP contribution in [0.1, 0.15) is 60.3 Å². The van der Waals surface area contributed by atoms with Crippen LogP contribution in [0.15, 0.2) is 58.5 Å². The Kier molecular flexibility index (Phi) is 8.88. The Bertz CT molecular complexity index is 1600. The molecule has 3 aromatic rings. The Labute approximate surface area is 245 Å². The number of sulfonamides is 1. The first-order chi connectivity index (χ1) is 20.2. The zero-order valence-corrected chi connectivity index (χ0v) is 24.8. The smallest absolute Gasteiger partial charge is 0.263 e. The Morgan fingerprint density at radius 3 is 2.60 bits per heavy atom. The number of amides is 2. The fourth-order valence-corrected chi connectivity index (χ4v) is 7.11. The second kappa shape index (κ2) is 12.6. The van der Waals surface area contributed by atoms with Gasteiger partial charge in [0.15, 0.2) is 0 Å². The van der Waals surface area contributed by atoms with Crippen molar-refractivity contribution < 1.29 is 18.0 Å². The van der Waals surface area contributed by atoms with Gasteiger partial charge < -0.3 is 14.8 Å². The van der Waals surface area contributed by atoms with Crippen LogP contribution in [0.2, 0.25) is 0 Å². The van der Waals surface area contributed by atoms with E-state index in [-0.39, 0.29) is 61.4 Å². The molecule has 1 aromatic carbocycles. The maximum Gasteiger partial charge on any atom is 0.263 e. The van der Waals surface area contributed by atoms with Gasteiger partial charge in [0.2, 0.25) is 15.9 Å². The van der Waals surface area contributed by atoms with E-state index in [1.165, 1.54) is 19.8 Å². The van der Waals surface area contributed by atoms with Gasteiger partial charge in [-0.25, -0.2) is 13.1 Å². The molecule has 2 aliphatic heterocycles. The summed E-state index contributed by atoms with van der Waals surface area (Å²) in [7, 11) is -2.24. The first-order valence-corrected chi connectivity index (χ1v) is 15.8. The molecule has 5 rings (SSSR count). The summed E-state index contributed by atoms with van der Waals surface area (Å²) in [5, 5.41) is 11.3. The van der Waals surface area contributed by atoms with Crippen LogP contribution >= 0.6 is 0 Å². The predicted molar refractivity (Wildman–Crippen MR) is 155 cm³/mol. The minimum absolute atomic E-state index is 0.0245. The molecular formula is C29H37N7O5S. The zero-order valence-electron chi connectivity index (χ0n) is 24.0. The van der Waals surface area contributed by atoms with Gasteiger partial charge in [-0.1, -0.05) is 37.1 Å². The van der Waals surface area contributed by atoms with E-state index >= 15 is 0 Å². The number of aromatic nitrogens is 4. The van der Waals surface area contributed by atoms with Gasteiger partial charge in [0.05, 0.1) is 23.7 Å². The van der Waals surface area contributed by atoms with Crippen molar-refractivity contribution in [2.45, 2.75) is 56.5 Å². The highest BCUT2D eigenvalue weighted by Crippen LogP contribution is 2.34. The largest absolute Gasteiger partial charge is 0.354 e. The molecule has 2 aliphatic rings. The summed E-state index contributed by atoms with van der Waals surface area (Å²) in [5.74, 6) is -1.05. The second-order valence-corrected chi connectivity index (χ2v) is 13.0. The highest BCUT2D eigenvalue weighted by molar-refractivity contribution is 7.89. The van der Waals surface area contributed by atoms with Crippen LogP contribution in [-0.2, 0) is 27.8 Å². The molecule has 1 N–H and O–H groups in total. The summed E-state index contributed by atoms with van der Waals surface area (Å²) in [6.07, 6.45) is 7.57. The molecule has 0 spiro atoms. The van der Waals surface area contributed by atoms with E-state index in [0.29, 0.717) is 5.69 Å². The van der Waals surface area contributed by atoms with Crippen molar-refractivity contribution in [3.05, 3.63) is 76.0 Å². The number of likely N-dealkylation sites (N-methyl/N-ethyl adjacent to an activating group) is 1. The van der Waals surface area contributed by atoms with Crippen molar-refractivity contribution >= 4 is 21.8 Å². The van der Waals surface area contributed by atoms with E-state index in [0.717, 1.165) is 31.2 Å². The van der Waals surface area contributed by atoms with Crippen LogP contribution < -0.4 is 10.9 Å². The number of nitrogens with one attached hydrogen (secondary N) is 1. The van der Waals surface area contributed by atoms with Gasteiger partial charge in [0.25, 0.3) is 11.5 Å². The number of hydrogen-bond donors (Lipinski definition) is 1. The Hall–Kier alpha value is -3.84. The molecule has 1 saturated heterocycles. The van der Waals surface area contributed by atoms with Gasteiger partial charge in [-0.05, 0) is 42.7 Å².